The predicted octanol–water partition coefficient (Wildman–Crippen LogP) is 3.83. The van der Waals surface area contributed by atoms with Crippen molar-refractivity contribution in [3.8, 4) is 11.5 Å². The molecule has 0 aliphatic rings. The van der Waals surface area contributed by atoms with Crippen LogP contribution in [0.4, 0.5) is 5.82 Å². The zero-order valence-corrected chi connectivity index (χ0v) is 15.7. The molecule has 27 heavy (non-hydrogen) atoms. The van der Waals surface area contributed by atoms with Gasteiger partial charge in [-0.1, -0.05) is 5.16 Å². The topological polar surface area (TPSA) is 86.5 Å². The first kappa shape index (κ1) is 18.4. The summed E-state index contributed by atoms with van der Waals surface area (Å²) in [6, 6.07) is 8.68. The fourth-order valence-corrected chi connectivity index (χ4v) is 2.58. The Morgan fingerprint density at radius 2 is 1.96 bits per heavy atom. The Labute approximate surface area is 157 Å². The van der Waals surface area contributed by atoms with Gasteiger partial charge in [-0.05, 0) is 56.7 Å². The highest BCUT2D eigenvalue weighted by Crippen LogP contribution is 2.29. The van der Waals surface area contributed by atoms with Gasteiger partial charge >= 0.3 is 0 Å². The molecule has 0 spiro atoms. The lowest BCUT2D eigenvalue weighted by atomic mass is 10.1. The second kappa shape index (κ2) is 7.90. The average Bonchev–Trinajstić information content (AvgIpc) is 2.97. The van der Waals surface area contributed by atoms with E-state index in [-0.39, 0.29) is 5.91 Å². The third-order valence-corrected chi connectivity index (χ3v) is 4.14. The summed E-state index contributed by atoms with van der Waals surface area (Å²) in [5.74, 6) is 1.93. The number of benzene rings is 1. The number of hydrogen-bond donors (Lipinski definition) is 1. The summed E-state index contributed by atoms with van der Waals surface area (Å²) in [4.78, 5) is 16.6. The minimum absolute atomic E-state index is 0.274. The largest absolute Gasteiger partial charge is 0.493 e. The molecule has 1 aromatic carbocycles. The molecule has 2 aromatic heterocycles. The van der Waals surface area contributed by atoms with Crippen molar-refractivity contribution in [2.45, 2.75) is 27.4 Å². The van der Waals surface area contributed by atoms with E-state index in [1.165, 1.54) is 7.11 Å². The van der Waals surface area contributed by atoms with Gasteiger partial charge in [-0.25, -0.2) is 4.98 Å². The number of nitrogens with zero attached hydrogens (tertiary/aromatic N) is 2. The number of carbonyl (C=O) groups excluding carboxylic acids is 1. The summed E-state index contributed by atoms with van der Waals surface area (Å²) in [6.07, 6.45) is 1.65. The van der Waals surface area contributed by atoms with E-state index in [0.29, 0.717) is 35.2 Å². The number of aromatic nitrogens is 2. The van der Waals surface area contributed by atoms with Crippen molar-refractivity contribution in [2.75, 3.05) is 12.4 Å². The molecule has 1 N–H and O–H groups in total. The average molecular weight is 367 g/mol. The van der Waals surface area contributed by atoms with Crippen molar-refractivity contribution in [1.29, 1.82) is 0 Å². The molecule has 0 bridgehead atoms. The monoisotopic (exact) mass is 367 g/mol. The first-order chi connectivity index (χ1) is 13.0. The highest BCUT2D eigenvalue weighted by molar-refractivity contribution is 6.04. The Morgan fingerprint density at radius 3 is 2.63 bits per heavy atom. The number of rotatable bonds is 6. The summed E-state index contributed by atoms with van der Waals surface area (Å²) >= 11 is 0. The lowest BCUT2D eigenvalue weighted by Crippen LogP contribution is -2.13. The van der Waals surface area contributed by atoms with E-state index in [4.69, 9.17) is 14.0 Å². The fourth-order valence-electron chi connectivity index (χ4n) is 2.58. The van der Waals surface area contributed by atoms with Crippen LogP contribution in [0.1, 0.15) is 32.9 Å². The van der Waals surface area contributed by atoms with Crippen molar-refractivity contribution in [3.05, 3.63) is 64.7 Å². The Balaban J connectivity index is 1.74. The summed E-state index contributed by atoms with van der Waals surface area (Å²) < 4.78 is 16.3. The molecule has 3 rings (SSSR count). The van der Waals surface area contributed by atoms with Crippen LogP contribution in [0.2, 0.25) is 0 Å². The molecule has 2 heterocycles. The molecular weight excluding hydrogens is 346 g/mol. The molecule has 0 fully saturated rings. The molecule has 0 aliphatic heterocycles. The first-order valence-corrected chi connectivity index (χ1v) is 8.44. The van der Waals surface area contributed by atoms with E-state index in [9.17, 15) is 4.79 Å². The van der Waals surface area contributed by atoms with Gasteiger partial charge in [0.15, 0.2) is 11.5 Å². The van der Waals surface area contributed by atoms with Gasteiger partial charge in [0.25, 0.3) is 5.91 Å². The summed E-state index contributed by atoms with van der Waals surface area (Å²) in [5, 5.41) is 6.68. The number of carbonyl (C=O) groups is 1. The first-order valence-electron chi connectivity index (χ1n) is 8.44. The van der Waals surface area contributed by atoms with E-state index in [0.717, 1.165) is 16.8 Å². The second-order valence-corrected chi connectivity index (χ2v) is 6.13. The summed E-state index contributed by atoms with van der Waals surface area (Å²) in [7, 11) is 1.53. The maximum absolute atomic E-state index is 12.5. The van der Waals surface area contributed by atoms with Crippen LogP contribution >= 0.6 is 0 Å². The molecule has 0 unspecified atom stereocenters. The van der Waals surface area contributed by atoms with E-state index >= 15 is 0 Å². The van der Waals surface area contributed by atoms with Crippen LogP contribution in [-0.4, -0.2) is 23.2 Å². The SMILES string of the molecule is COc1cc(C(=O)Nc2cc(C)ccn2)ccc1OCc1c(C)noc1C. The lowest BCUT2D eigenvalue weighted by molar-refractivity contribution is 0.102. The van der Waals surface area contributed by atoms with E-state index in [2.05, 4.69) is 15.5 Å². The van der Waals surface area contributed by atoms with E-state index < -0.39 is 0 Å². The lowest BCUT2D eigenvalue weighted by Gasteiger charge is -2.12. The summed E-state index contributed by atoms with van der Waals surface area (Å²) in [5.41, 5.74) is 3.14. The van der Waals surface area contributed by atoms with Gasteiger partial charge in [0, 0.05) is 11.8 Å². The molecule has 0 saturated carbocycles. The zero-order valence-electron chi connectivity index (χ0n) is 15.7. The Bertz CT molecular complexity index is 946. The van der Waals surface area contributed by atoms with E-state index in [1.807, 2.05) is 26.8 Å². The molecule has 0 atom stereocenters. The maximum atomic E-state index is 12.5. The smallest absolute Gasteiger partial charge is 0.256 e. The molecule has 0 aliphatic carbocycles. The Kier molecular flexibility index (Phi) is 5.40. The standard InChI is InChI=1S/C20H21N3O4/c1-12-7-8-21-19(9-12)22-20(24)15-5-6-17(18(10-15)25-4)26-11-16-13(2)23-27-14(16)3/h5-10H,11H2,1-4H3,(H,21,22,24). The Hall–Kier alpha value is -3.35. The molecule has 0 saturated heterocycles. The third-order valence-electron chi connectivity index (χ3n) is 4.14. The van der Waals surface area contributed by atoms with Gasteiger partial charge in [0.1, 0.15) is 18.2 Å². The molecule has 7 heteroatoms. The molecule has 0 radical (unpaired) electrons. The molecule has 7 nitrogen and oxygen atoms in total. The molecule has 140 valence electrons. The van der Waals surface area contributed by atoms with Crippen LogP contribution in [0.5, 0.6) is 11.5 Å². The number of nitrogens with one attached hydrogen (secondary N) is 1. The third kappa shape index (κ3) is 4.25. The fraction of sp³-hybridized carbons (Fsp3) is 0.250. The van der Waals surface area contributed by atoms with Crippen molar-refractivity contribution >= 4 is 11.7 Å². The number of aryl methyl sites for hydroxylation is 3. The van der Waals surface area contributed by atoms with Gasteiger partial charge in [-0.2, -0.15) is 0 Å². The number of anilines is 1. The number of hydrogen-bond acceptors (Lipinski definition) is 6. The van der Waals surface area contributed by atoms with Gasteiger partial charge in [0.2, 0.25) is 0 Å². The molecule has 1 amide bonds. The van der Waals surface area contributed by atoms with Gasteiger partial charge in [0.05, 0.1) is 18.4 Å². The van der Waals surface area contributed by atoms with Crippen LogP contribution in [0.15, 0.2) is 41.1 Å². The van der Waals surface area contributed by atoms with Crippen LogP contribution < -0.4 is 14.8 Å². The minimum atomic E-state index is -0.274. The zero-order chi connectivity index (χ0) is 19.4. The number of ether oxygens (including phenoxy) is 2. The van der Waals surface area contributed by atoms with Crippen LogP contribution in [0.3, 0.4) is 0 Å². The normalized spacial score (nSPS) is 10.5. The van der Waals surface area contributed by atoms with Gasteiger partial charge in [-0.15, -0.1) is 0 Å². The van der Waals surface area contributed by atoms with Crippen molar-refractivity contribution < 1.29 is 18.8 Å². The van der Waals surface area contributed by atoms with Crippen LogP contribution in [-0.2, 0) is 6.61 Å². The Morgan fingerprint density at radius 1 is 1.15 bits per heavy atom. The summed E-state index contributed by atoms with van der Waals surface area (Å²) in [6.45, 7) is 5.93. The van der Waals surface area contributed by atoms with Crippen LogP contribution in [0, 0.1) is 20.8 Å². The second-order valence-electron chi connectivity index (χ2n) is 6.13. The van der Waals surface area contributed by atoms with E-state index in [1.54, 1.807) is 30.5 Å². The number of pyridine rings is 1. The van der Waals surface area contributed by atoms with Crippen molar-refractivity contribution in [2.24, 2.45) is 0 Å². The van der Waals surface area contributed by atoms with Crippen molar-refractivity contribution in [1.82, 2.24) is 10.1 Å². The van der Waals surface area contributed by atoms with Crippen molar-refractivity contribution in [3.63, 3.8) is 0 Å². The highest BCUT2D eigenvalue weighted by Gasteiger charge is 2.14. The highest BCUT2D eigenvalue weighted by atomic mass is 16.5. The molecule has 3 aromatic rings. The molecular formula is C20H21N3O4. The van der Waals surface area contributed by atoms with Gasteiger partial charge in [-0.3, -0.25) is 4.79 Å². The number of amides is 1. The maximum Gasteiger partial charge on any atom is 0.256 e. The number of methoxy groups -OCH3 is 1. The van der Waals surface area contributed by atoms with Crippen LogP contribution in [0.25, 0.3) is 0 Å². The quantitative estimate of drug-likeness (QED) is 0.712. The predicted molar refractivity (Wildman–Crippen MR) is 100 cm³/mol. The minimum Gasteiger partial charge on any atom is -0.493 e. The van der Waals surface area contributed by atoms with Gasteiger partial charge < -0.3 is 19.3 Å².